The molecular formula is C17H23N3O. The minimum atomic E-state index is 0.158. The highest BCUT2D eigenvalue weighted by atomic mass is 16.5. The van der Waals surface area contributed by atoms with Crippen molar-refractivity contribution in [1.29, 1.82) is 0 Å². The first kappa shape index (κ1) is 15.3. The van der Waals surface area contributed by atoms with E-state index < -0.39 is 0 Å². The van der Waals surface area contributed by atoms with Crippen LogP contribution in [0.1, 0.15) is 30.5 Å². The Morgan fingerprint density at radius 3 is 2.76 bits per heavy atom. The maximum atomic E-state index is 6.01. The first-order valence-electron chi connectivity index (χ1n) is 7.34. The first-order chi connectivity index (χ1) is 10.2. The molecule has 21 heavy (non-hydrogen) atoms. The van der Waals surface area contributed by atoms with E-state index in [0.29, 0.717) is 12.4 Å². The zero-order valence-corrected chi connectivity index (χ0v) is 12.7. The molecule has 1 unspecified atom stereocenters. The van der Waals surface area contributed by atoms with Crippen molar-refractivity contribution in [3.05, 3.63) is 53.7 Å². The molecule has 0 aliphatic rings. The van der Waals surface area contributed by atoms with Crippen molar-refractivity contribution in [2.75, 3.05) is 18.9 Å². The number of nitrogen functional groups attached to an aromatic ring is 1. The van der Waals surface area contributed by atoms with Gasteiger partial charge >= 0.3 is 0 Å². The van der Waals surface area contributed by atoms with E-state index in [9.17, 15) is 0 Å². The lowest BCUT2D eigenvalue weighted by atomic mass is 10.0. The van der Waals surface area contributed by atoms with Crippen LogP contribution in [0.25, 0.3) is 0 Å². The normalized spacial score (nSPS) is 12.1. The highest BCUT2D eigenvalue weighted by Crippen LogP contribution is 2.23. The molecule has 2 rings (SSSR count). The highest BCUT2D eigenvalue weighted by Gasteiger charge is 2.14. The molecule has 0 aliphatic carbocycles. The van der Waals surface area contributed by atoms with Gasteiger partial charge in [0.25, 0.3) is 0 Å². The van der Waals surface area contributed by atoms with Crippen LogP contribution in [-0.2, 0) is 0 Å². The predicted molar refractivity (Wildman–Crippen MR) is 86.4 cm³/mol. The summed E-state index contributed by atoms with van der Waals surface area (Å²) >= 11 is 0. The van der Waals surface area contributed by atoms with Crippen LogP contribution in [0.2, 0.25) is 0 Å². The molecule has 0 bridgehead atoms. The SMILES string of the molecule is CCNC(CCOc1ccccc1)c1cc(C)cnc1N. The number of benzene rings is 1. The van der Waals surface area contributed by atoms with E-state index in [0.717, 1.165) is 29.8 Å². The fourth-order valence-corrected chi connectivity index (χ4v) is 2.31. The van der Waals surface area contributed by atoms with Crippen molar-refractivity contribution >= 4 is 5.82 Å². The van der Waals surface area contributed by atoms with E-state index in [4.69, 9.17) is 10.5 Å². The molecule has 2 aromatic rings. The number of para-hydroxylation sites is 1. The van der Waals surface area contributed by atoms with Crippen LogP contribution in [0.15, 0.2) is 42.6 Å². The van der Waals surface area contributed by atoms with Gasteiger partial charge in [0.2, 0.25) is 0 Å². The average molecular weight is 285 g/mol. The lowest BCUT2D eigenvalue weighted by molar-refractivity contribution is 0.287. The molecule has 3 N–H and O–H groups in total. The number of anilines is 1. The molecule has 4 nitrogen and oxygen atoms in total. The molecule has 0 amide bonds. The number of hydrogen-bond donors (Lipinski definition) is 2. The Morgan fingerprint density at radius 2 is 2.05 bits per heavy atom. The van der Waals surface area contributed by atoms with Crippen molar-refractivity contribution in [2.24, 2.45) is 0 Å². The highest BCUT2D eigenvalue weighted by molar-refractivity contribution is 5.43. The van der Waals surface area contributed by atoms with E-state index in [1.54, 1.807) is 6.20 Å². The summed E-state index contributed by atoms with van der Waals surface area (Å²) in [7, 11) is 0. The summed E-state index contributed by atoms with van der Waals surface area (Å²) in [6, 6.07) is 12.1. The number of rotatable bonds is 7. The number of aryl methyl sites for hydroxylation is 1. The first-order valence-corrected chi connectivity index (χ1v) is 7.34. The van der Waals surface area contributed by atoms with Gasteiger partial charge in [-0.15, -0.1) is 0 Å². The number of aromatic nitrogens is 1. The molecule has 112 valence electrons. The third-order valence-electron chi connectivity index (χ3n) is 3.33. The summed E-state index contributed by atoms with van der Waals surface area (Å²) in [5.74, 6) is 1.48. The molecule has 4 heteroatoms. The van der Waals surface area contributed by atoms with Gasteiger partial charge in [-0.1, -0.05) is 25.1 Å². The molecule has 0 spiro atoms. The van der Waals surface area contributed by atoms with Crippen molar-refractivity contribution in [1.82, 2.24) is 10.3 Å². The van der Waals surface area contributed by atoms with Gasteiger partial charge < -0.3 is 15.8 Å². The van der Waals surface area contributed by atoms with E-state index in [1.165, 1.54) is 0 Å². The zero-order chi connectivity index (χ0) is 15.1. The van der Waals surface area contributed by atoms with Gasteiger partial charge in [0.05, 0.1) is 6.61 Å². The standard InChI is InChI=1S/C17H23N3O/c1-3-19-16(15-11-13(2)12-20-17(15)18)9-10-21-14-7-5-4-6-8-14/h4-8,11-12,16,19H,3,9-10H2,1-2H3,(H2,18,20). The largest absolute Gasteiger partial charge is 0.494 e. The second kappa shape index (κ2) is 7.64. The molecule has 1 heterocycles. The molecule has 1 aromatic heterocycles. The van der Waals surface area contributed by atoms with Gasteiger partial charge in [0, 0.05) is 24.2 Å². The number of ether oxygens (including phenoxy) is 1. The van der Waals surface area contributed by atoms with Gasteiger partial charge in [-0.25, -0.2) is 4.98 Å². The van der Waals surface area contributed by atoms with Crippen molar-refractivity contribution < 1.29 is 4.74 Å². The molecule has 0 saturated carbocycles. The van der Waals surface area contributed by atoms with Crippen molar-refractivity contribution in [2.45, 2.75) is 26.3 Å². The minimum absolute atomic E-state index is 0.158. The Hall–Kier alpha value is -2.07. The topological polar surface area (TPSA) is 60.2 Å². The van der Waals surface area contributed by atoms with Crippen LogP contribution < -0.4 is 15.8 Å². The Bertz CT molecular complexity index is 557. The van der Waals surface area contributed by atoms with Gasteiger partial charge in [0.15, 0.2) is 0 Å². The number of nitrogens with one attached hydrogen (secondary N) is 1. The summed E-state index contributed by atoms with van der Waals surface area (Å²) in [4.78, 5) is 4.25. The fraction of sp³-hybridized carbons (Fsp3) is 0.353. The van der Waals surface area contributed by atoms with Crippen LogP contribution in [0.5, 0.6) is 5.75 Å². The van der Waals surface area contributed by atoms with Crippen LogP contribution in [0.4, 0.5) is 5.82 Å². The monoisotopic (exact) mass is 285 g/mol. The second-order valence-electron chi connectivity index (χ2n) is 5.05. The number of hydrogen-bond acceptors (Lipinski definition) is 4. The van der Waals surface area contributed by atoms with Gasteiger partial charge in [-0.2, -0.15) is 0 Å². The summed E-state index contributed by atoms with van der Waals surface area (Å²) in [5, 5.41) is 3.45. The van der Waals surface area contributed by atoms with Gasteiger partial charge in [-0.3, -0.25) is 0 Å². The van der Waals surface area contributed by atoms with Crippen molar-refractivity contribution in [3.63, 3.8) is 0 Å². The Balaban J connectivity index is 2.00. The van der Waals surface area contributed by atoms with E-state index in [2.05, 4.69) is 23.3 Å². The summed E-state index contributed by atoms with van der Waals surface area (Å²) < 4.78 is 5.77. The lowest BCUT2D eigenvalue weighted by Gasteiger charge is -2.20. The average Bonchev–Trinajstić information content (AvgIpc) is 2.50. The summed E-state index contributed by atoms with van der Waals surface area (Å²) in [6.45, 7) is 5.63. The summed E-state index contributed by atoms with van der Waals surface area (Å²) in [6.07, 6.45) is 2.64. The minimum Gasteiger partial charge on any atom is -0.494 e. The maximum absolute atomic E-state index is 6.01. The third kappa shape index (κ3) is 4.46. The Labute approximate surface area is 126 Å². The quantitative estimate of drug-likeness (QED) is 0.820. The molecule has 1 atom stereocenters. The maximum Gasteiger partial charge on any atom is 0.128 e. The summed E-state index contributed by atoms with van der Waals surface area (Å²) in [5.41, 5.74) is 8.18. The zero-order valence-electron chi connectivity index (χ0n) is 12.7. The molecule has 1 aromatic carbocycles. The molecule has 0 radical (unpaired) electrons. The third-order valence-corrected chi connectivity index (χ3v) is 3.33. The van der Waals surface area contributed by atoms with Crippen LogP contribution in [0, 0.1) is 6.92 Å². The number of nitrogens with two attached hydrogens (primary N) is 1. The van der Waals surface area contributed by atoms with Gasteiger partial charge in [-0.05, 0) is 37.2 Å². The van der Waals surface area contributed by atoms with Gasteiger partial charge in [0.1, 0.15) is 11.6 Å². The Morgan fingerprint density at radius 1 is 1.29 bits per heavy atom. The molecule has 0 aliphatic heterocycles. The van der Waals surface area contributed by atoms with E-state index in [1.807, 2.05) is 37.3 Å². The predicted octanol–water partition coefficient (Wildman–Crippen LogP) is 3.09. The molecule has 0 fully saturated rings. The second-order valence-corrected chi connectivity index (χ2v) is 5.05. The number of pyridine rings is 1. The van der Waals surface area contributed by atoms with Crippen molar-refractivity contribution in [3.8, 4) is 5.75 Å². The Kier molecular flexibility index (Phi) is 5.58. The smallest absolute Gasteiger partial charge is 0.128 e. The van der Waals surface area contributed by atoms with E-state index >= 15 is 0 Å². The van der Waals surface area contributed by atoms with Crippen LogP contribution >= 0.6 is 0 Å². The van der Waals surface area contributed by atoms with Crippen LogP contribution in [-0.4, -0.2) is 18.1 Å². The van der Waals surface area contributed by atoms with Crippen LogP contribution in [0.3, 0.4) is 0 Å². The van der Waals surface area contributed by atoms with E-state index in [-0.39, 0.29) is 6.04 Å². The molecular weight excluding hydrogens is 262 g/mol. The lowest BCUT2D eigenvalue weighted by Crippen LogP contribution is -2.24. The molecule has 0 saturated heterocycles. The fourth-order valence-electron chi connectivity index (χ4n) is 2.31. The number of nitrogens with zero attached hydrogens (tertiary/aromatic N) is 1.